The van der Waals surface area contributed by atoms with Crippen LogP contribution in [0.5, 0.6) is 0 Å². The molecule has 1 saturated heterocycles. The van der Waals surface area contributed by atoms with Crippen LogP contribution in [0.15, 0.2) is 24.3 Å². The first-order chi connectivity index (χ1) is 12.0. The molecule has 5 nitrogen and oxygen atoms in total. The predicted octanol–water partition coefficient (Wildman–Crippen LogP) is 2.20. The third-order valence-corrected chi connectivity index (χ3v) is 5.54. The van der Waals surface area contributed by atoms with Crippen molar-refractivity contribution in [2.75, 3.05) is 25.0 Å². The summed E-state index contributed by atoms with van der Waals surface area (Å²) < 4.78 is 0. The molecule has 1 aromatic carbocycles. The maximum Gasteiger partial charge on any atom is 0.227 e. The summed E-state index contributed by atoms with van der Waals surface area (Å²) in [5.74, 6) is -0.221. The largest absolute Gasteiger partial charge is 0.354 e. The van der Waals surface area contributed by atoms with Gasteiger partial charge in [0, 0.05) is 37.3 Å². The van der Waals surface area contributed by atoms with Gasteiger partial charge in [-0.15, -0.1) is 0 Å². The van der Waals surface area contributed by atoms with Crippen molar-refractivity contribution >= 4 is 17.5 Å². The van der Waals surface area contributed by atoms with Crippen LogP contribution in [0.25, 0.3) is 0 Å². The van der Waals surface area contributed by atoms with Gasteiger partial charge >= 0.3 is 0 Å². The molecule has 1 N–H and O–H groups in total. The molecule has 25 heavy (non-hydrogen) atoms. The van der Waals surface area contributed by atoms with E-state index in [0.29, 0.717) is 31.6 Å². The number of carbonyl (C=O) groups excluding carboxylic acids is 2. The lowest BCUT2D eigenvalue weighted by Crippen LogP contribution is -2.43. The van der Waals surface area contributed by atoms with Crippen LogP contribution in [0.4, 0.5) is 5.69 Å². The summed E-state index contributed by atoms with van der Waals surface area (Å²) in [6.45, 7) is 5.36. The monoisotopic (exact) mass is 343 g/mol. The highest BCUT2D eigenvalue weighted by Crippen LogP contribution is 2.27. The Labute approximate surface area is 150 Å². The third kappa shape index (κ3) is 4.21. The first-order valence-corrected chi connectivity index (χ1v) is 9.38. The van der Waals surface area contributed by atoms with E-state index in [1.165, 1.54) is 18.4 Å². The van der Waals surface area contributed by atoms with E-state index in [2.05, 4.69) is 31.1 Å². The topological polar surface area (TPSA) is 52.7 Å². The highest BCUT2D eigenvalue weighted by Gasteiger charge is 2.35. The smallest absolute Gasteiger partial charge is 0.227 e. The molecule has 1 heterocycles. The van der Waals surface area contributed by atoms with Gasteiger partial charge in [-0.1, -0.05) is 19.1 Å². The number of benzene rings is 1. The number of amides is 2. The lowest BCUT2D eigenvalue weighted by molar-refractivity contribution is -0.126. The number of aryl methyl sites for hydroxylation is 1. The van der Waals surface area contributed by atoms with Gasteiger partial charge in [-0.3, -0.25) is 14.5 Å². The minimum atomic E-state index is -0.253. The van der Waals surface area contributed by atoms with Crippen molar-refractivity contribution in [3.63, 3.8) is 0 Å². The highest BCUT2D eigenvalue weighted by atomic mass is 16.2. The molecule has 2 aliphatic rings. The fourth-order valence-electron chi connectivity index (χ4n) is 3.42. The van der Waals surface area contributed by atoms with Crippen LogP contribution < -0.4 is 10.2 Å². The number of hydrogen-bond acceptors (Lipinski definition) is 3. The molecule has 1 saturated carbocycles. The molecule has 0 bridgehead atoms. The standard InChI is InChI=1S/C20H29N3O2/c1-4-15-5-7-18(8-6-15)23-13-16(11-19(23)24)20(25)21-12-14(2)22(3)17-9-10-17/h5-8,14,16-17H,4,9-13H2,1-3H3,(H,21,25). The molecule has 1 aliphatic heterocycles. The molecule has 0 radical (unpaired) electrons. The van der Waals surface area contributed by atoms with Crippen molar-refractivity contribution in [3.05, 3.63) is 29.8 Å². The number of nitrogens with one attached hydrogen (secondary N) is 1. The minimum absolute atomic E-state index is 0.00271. The van der Waals surface area contributed by atoms with Crippen molar-refractivity contribution < 1.29 is 9.59 Å². The Morgan fingerprint density at radius 1 is 1.32 bits per heavy atom. The first kappa shape index (κ1) is 17.9. The SMILES string of the molecule is CCc1ccc(N2CC(C(=O)NCC(C)N(C)C3CC3)CC2=O)cc1. The summed E-state index contributed by atoms with van der Waals surface area (Å²) >= 11 is 0. The number of carbonyl (C=O) groups is 2. The zero-order valence-electron chi connectivity index (χ0n) is 15.5. The van der Waals surface area contributed by atoms with Crippen molar-refractivity contribution in [2.24, 2.45) is 5.92 Å². The fourth-order valence-corrected chi connectivity index (χ4v) is 3.42. The van der Waals surface area contributed by atoms with E-state index in [1.54, 1.807) is 4.90 Å². The Kier molecular flexibility index (Phi) is 5.42. The summed E-state index contributed by atoms with van der Waals surface area (Å²) in [7, 11) is 2.12. The number of rotatable bonds is 7. The third-order valence-electron chi connectivity index (χ3n) is 5.54. The summed E-state index contributed by atoms with van der Waals surface area (Å²) in [6, 6.07) is 9.05. The summed E-state index contributed by atoms with van der Waals surface area (Å²) in [4.78, 5) is 28.9. The molecule has 2 fully saturated rings. The Morgan fingerprint density at radius 3 is 2.60 bits per heavy atom. The molecule has 2 unspecified atom stereocenters. The van der Waals surface area contributed by atoms with Gasteiger partial charge in [-0.05, 0) is 50.9 Å². The molecular formula is C20H29N3O2. The molecule has 2 amide bonds. The molecule has 136 valence electrons. The highest BCUT2D eigenvalue weighted by molar-refractivity contribution is 6.00. The summed E-state index contributed by atoms with van der Waals surface area (Å²) in [5.41, 5.74) is 2.14. The van der Waals surface area contributed by atoms with E-state index in [0.717, 1.165) is 12.1 Å². The minimum Gasteiger partial charge on any atom is -0.354 e. The van der Waals surface area contributed by atoms with Crippen LogP contribution in [-0.2, 0) is 16.0 Å². The van der Waals surface area contributed by atoms with E-state index in [4.69, 9.17) is 0 Å². The van der Waals surface area contributed by atoms with Crippen molar-refractivity contribution in [2.45, 2.75) is 51.6 Å². The fraction of sp³-hybridized carbons (Fsp3) is 0.600. The lowest BCUT2D eigenvalue weighted by Gasteiger charge is -2.25. The number of nitrogens with zero attached hydrogens (tertiary/aromatic N) is 2. The second-order valence-electron chi connectivity index (χ2n) is 7.42. The second kappa shape index (κ2) is 7.56. The number of anilines is 1. The maximum atomic E-state index is 12.5. The van der Waals surface area contributed by atoms with E-state index >= 15 is 0 Å². The molecule has 1 aliphatic carbocycles. The Balaban J connectivity index is 1.53. The first-order valence-electron chi connectivity index (χ1n) is 9.38. The summed E-state index contributed by atoms with van der Waals surface area (Å²) in [5, 5.41) is 3.04. The van der Waals surface area contributed by atoms with Crippen molar-refractivity contribution in [1.82, 2.24) is 10.2 Å². The van der Waals surface area contributed by atoms with Crippen LogP contribution in [0.1, 0.15) is 38.7 Å². The Hall–Kier alpha value is -1.88. The van der Waals surface area contributed by atoms with Gasteiger partial charge in [0.15, 0.2) is 0 Å². The number of hydrogen-bond donors (Lipinski definition) is 1. The van der Waals surface area contributed by atoms with Gasteiger partial charge in [0.05, 0.1) is 5.92 Å². The number of likely N-dealkylation sites (N-methyl/N-ethyl adjacent to an activating group) is 1. The van der Waals surface area contributed by atoms with Gasteiger partial charge < -0.3 is 10.2 Å². The summed E-state index contributed by atoms with van der Waals surface area (Å²) in [6.07, 6.45) is 3.80. The molecule has 0 aromatic heterocycles. The van der Waals surface area contributed by atoms with Crippen LogP contribution >= 0.6 is 0 Å². The van der Waals surface area contributed by atoms with E-state index in [-0.39, 0.29) is 17.7 Å². The zero-order valence-corrected chi connectivity index (χ0v) is 15.5. The molecule has 3 rings (SSSR count). The van der Waals surface area contributed by atoms with E-state index in [1.807, 2.05) is 24.3 Å². The molecular weight excluding hydrogens is 314 g/mol. The molecule has 0 spiro atoms. The average Bonchev–Trinajstić information content (AvgIpc) is 3.40. The Bertz CT molecular complexity index is 624. The second-order valence-corrected chi connectivity index (χ2v) is 7.42. The molecule has 1 aromatic rings. The average molecular weight is 343 g/mol. The van der Waals surface area contributed by atoms with Gasteiger partial charge in [-0.25, -0.2) is 0 Å². The van der Waals surface area contributed by atoms with Crippen LogP contribution in [-0.4, -0.2) is 48.9 Å². The molecule has 2 atom stereocenters. The Morgan fingerprint density at radius 2 is 2.00 bits per heavy atom. The molecule has 5 heteroatoms. The quantitative estimate of drug-likeness (QED) is 0.826. The van der Waals surface area contributed by atoms with Crippen molar-refractivity contribution in [1.29, 1.82) is 0 Å². The van der Waals surface area contributed by atoms with Gasteiger partial charge in [0.2, 0.25) is 11.8 Å². The van der Waals surface area contributed by atoms with Crippen LogP contribution in [0, 0.1) is 5.92 Å². The van der Waals surface area contributed by atoms with Crippen LogP contribution in [0.3, 0.4) is 0 Å². The maximum absolute atomic E-state index is 12.5. The van der Waals surface area contributed by atoms with Crippen LogP contribution in [0.2, 0.25) is 0 Å². The van der Waals surface area contributed by atoms with Crippen molar-refractivity contribution in [3.8, 4) is 0 Å². The van der Waals surface area contributed by atoms with Gasteiger partial charge in [0.1, 0.15) is 0 Å². The zero-order chi connectivity index (χ0) is 18.0. The van der Waals surface area contributed by atoms with E-state index in [9.17, 15) is 9.59 Å². The van der Waals surface area contributed by atoms with E-state index < -0.39 is 0 Å². The predicted molar refractivity (Wildman–Crippen MR) is 99.5 cm³/mol. The van der Waals surface area contributed by atoms with Gasteiger partial charge in [0.25, 0.3) is 0 Å². The lowest BCUT2D eigenvalue weighted by atomic mass is 10.1. The van der Waals surface area contributed by atoms with Gasteiger partial charge in [-0.2, -0.15) is 0 Å². The normalized spacial score (nSPS) is 21.7.